The monoisotopic (exact) mass is 236 g/mol. The van der Waals surface area contributed by atoms with Gasteiger partial charge < -0.3 is 10.2 Å². The first-order valence-electron chi connectivity index (χ1n) is 5.89. The SMILES string of the molecule is CN(C(=O)CC1CCNC1)c1ccc(F)cc1. The van der Waals surface area contributed by atoms with E-state index in [1.165, 1.54) is 12.1 Å². The minimum Gasteiger partial charge on any atom is -0.316 e. The minimum atomic E-state index is -0.283. The van der Waals surface area contributed by atoms with Gasteiger partial charge >= 0.3 is 0 Å². The molecule has 0 saturated carbocycles. The van der Waals surface area contributed by atoms with Crippen LogP contribution in [0.1, 0.15) is 12.8 Å². The Kier molecular flexibility index (Phi) is 3.74. The fourth-order valence-corrected chi connectivity index (χ4v) is 2.08. The van der Waals surface area contributed by atoms with Crippen molar-refractivity contribution >= 4 is 11.6 Å². The van der Waals surface area contributed by atoms with Gasteiger partial charge in [-0.25, -0.2) is 4.39 Å². The third-order valence-corrected chi connectivity index (χ3v) is 3.21. The van der Waals surface area contributed by atoms with E-state index in [1.54, 1.807) is 24.1 Å². The quantitative estimate of drug-likeness (QED) is 0.867. The Labute approximate surface area is 101 Å². The van der Waals surface area contributed by atoms with E-state index in [-0.39, 0.29) is 11.7 Å². The second kappa shape index (κ2) is 5.27. The van der Waals surface area contributed by atoms with Gasteiger partial charge in [-0.15, -0.1) is 0 Å². The molecule has 1 aromatic carbocycles. The Morgan fingerprint density at radius 2 is 2.18 bits per heavy atom. The van der Waals surface area contributed by atoms with Gasteiger partial charge in [-0.2, -0.15) is 0 Å². The normalized spacial score (nSPS) is 19.3. The number of hydrogen-bond donors (Lipinski definition) is 1. The summed E-state index contributed by atoms with van der Waals surface area (Å²) in [6, 6.07) is 5.99. The number of carbonyl (C=O) groups excluding carboxylic acids is 1. The zero-order chi connectivity index (χ0) is 12.3. The van der Waals surface area contributed by atoms with Crippen LogP contribution < -0.4 is 10.2 Å². The first-order chi connectivity index (χ1) is 8.16. The van der Waals surface area contributed by atoms with E-state index < -0.39 is 0 Å². The van der Waals surface area contributed by atoms with Crippen LogP contribution in [0.5, 0.6) is 0 Å². The van der Waals surface area contributed by atoms with Crippen molar-refractivity contribution in [1.29, 1.82) is 0 Å². The van der Waals surface area contributed by atoms with Crippen molar-refractivity contribution in [3.8, 4) is 0 Å². The number of amides is 1. The number of hydrogen-bond acceptors (Lipinski definition) is 2. The van der Waals surface area contributed by atoms with Gasteiger partial charge in [0.2, 0.25) is 5.91 Å². The Morgan fingerprint density at radius 3 is 2.76 bits per heavy atom. The summed E-state index contributed by atoms with van der Waals surface area (Å²) in [6.45, 7) is 1.92. The second-order valence-electron chi connectivity index (χ2n) is 4.49. The van der Waals surface area contributed by atoms with Crippen LogP contribution >= 0.6 is 0 Å². The lowest BCUT2D eigenvalue weighted by Gasteiger charge is -2.19. The molecule has 0 aliphatic carbocycles. The largest absolute Gasteiger partial charge is 0.316 e. The fourth-order valence-electron chi connectivity index (χ4n) is 2.08. The van der Waals surface area contributed by atoms with E-state index in [0.29, 0.717) is 12.3 Å². The van der Waals surface area contributed by atoms with E-state index >= 15 is 0 Å². The van der Waals surface area contributed by atoms with Crippen molar-refractivity contribution in [2.24, 2.45) is 5.92 Å². The zero-order valence-corrected chi connectivity index (χ0v) is 9.95. The van der Waals surface area contributed by atoms with Crippen LogP contribution in [0.2, 0.25) is 0 Å². The number of nitrogens with one attached hydrogen (secondary N) is 1. The van der Waals surface area contributed by atoms with Crippen LogP contribution in [-0.2, 0) is 4.79 Å². The first kappa shape index (κ1) is 12.0. The number of rotatable bonds is 3. The summed E-state index contributed by atoms with van der Waals surface area (Å²) < 4.78 is 12.8. The van der Waals surface area contributed by atoms with E-state index in [9.17, 15) is 9.18 Å². The molecule has 1 saturated heterocycles. The molecular formula is C13H17FN2O. The maximum atomic E-state index is 12.8. The minimum absolute atomic E-state index is 0.0882. The Morgan fingerprint density at radius 1 is 1.47 bits per heavy atom. The molecule has 1 aliphatic heterocycles. The Balaban J connectivity index is 1.96. The first-order valence-corrected chi connectivity index (χ1v) is 5.89. The highest BCUT2D eigenvalue weighted by Gasteiger charge is 2.20. The molecule has 0 radical (unpaired) electrons. The van der Waals surface area contributed by atoms with Gasteiger partial charge in [-0.05, 0) is 49.7 Å². The van der Waals surface area contributed by atoms with Crippen LogP contribution in [0, 0.1) is 11.7 Å². The van der Waals surface area contributed by atoms with Gasteiger partial charge in [0.05, 0.1) is 0 Å². The third-order valence-electron chi connectivity index (χ3n) is 3.21. The van der Waals surface area contributed by atoms with Gasteiger partial charge in [0.15, 0.2) is 0 Å². The highest BCUT2D eigenvalue weighted by Crippen LogP contribution is 2.18. The second-order valence-corrected chi connectivity index (χ2v) is 4.49. The molecule has 1 aliphatic rings. The van der Waals surface area contributed by atoms with Crippen LogP contribution in [-0.4, -0.2) is 26.0 Å². The molecule has 1 amide bonds. The van der Waals surface area contributed by atoms with Gasteiger partial charge in [0, 0.05) is 19.2 Å². The van der Waals surface area contributed by atoms with Gasteiger partial charge in [-0.3, -0.25) is 4.79 Å². The highest BCUT2D eigenvalue weighted by molar-refractivity contribution is 5.92. The molecule has 1 aromatic rings. The van der Waals surface area contributed by atoms with Crippen molar-refractivity contribution < 1.29 is 9.18 Å². The predicted molar refractivity (Wildman–Crippen MR) is 65.4 cm³/mol. The number of anilines is 1. The molecule has 2 rings (SSSR count). The molecule has 92 valence electrons. The molecule has 0 aromatic heterocycles. The number of carbonyl (C=O) groups is 1. The van der Waals surface area contributed by atoms with Crippen molar-refractivity contribution in [1.82, 2.24) is 5.32 Å². The van der Waals surface area contributed by atoms with E-state index in [2.05, 4.69) is 5.32 Å². The van der Waals surface area contributed by atoms with Crippen LogP contribution in [0.4, 0.5) is 10.1 Å². The summed E-state index contributed by atoms with van der Waals surface area (Å²) in [7, 11) is 1.73. The molecule has 1 unspecified atom stereocenters. The standard InChI is InChI=1S/C13H17FN2O/c1-16(12-4-2-11(14)3-5-12)13(17)8-10-6-7-15-9-10/h2-5,10,15H,6-9H2,1H3. The molecule has 3 nitrogen and oxygen atoms in total. The maximum absolute atomic E-state index is 12.8. The van der Waals surface area contributed by atoms with Gasteiger partial charge in [0.1, 0.15) is 5.82 Å². The Bertz CT molecular complexity index is 385. The van der Waals surface area contributed by atoms with Crippen LogP contribution in [0.25, 0.3) is 0 Å². The van der Waals surface area contributed by atoms with E-state index in [4.69, 9.17) is 0 Å². The number of nitrogens with zero attached hydrogens (tertiary/aromatic N) is 1. The Hall–Kier alpha value is -1.42. The van der Waals surface area contributed by atoms with Gasteiger partial charge in [0.25, 0.3) is 0 Å². The lowest BCUT2D eigenvalue weighted by atomic mass is 10.0. The summed E-state index contributed by atoms with van der Waals surface area (Å²) in [5, 5.41) is 3.24. The van der Waals surface area contributed by atoms with Crippen molar-refractivity contribution in [2.75, 3.05) is 25.0 Å². The summed E-state index contributed by atoms with van der Waals surface area (Å²) in [6.07, 6.45) is 1.61. The smallest absolute Gasteiger partial charge is 0.227 e. The lowest BCUT2D eigenvalue weighted by Crippen LogP contribution is -2.28. The highest BCUT2D eigenvalue weighted by atomic mass is 19.1. The maximum Gasteiger partial charge on any atom is 0.227 e. The summed E-state index contributed by atoms with van der Waals surface area (Å²) in [5.41, 5.74) is 0.738. The predicted octanol–water partition coefficient (Wildman–Crippen LogP) is 1.79. The molecule has 4 heteroatoms. The summed E-state index contributed by atoms with van der Waals surface area (Å²) in [4.78, 5) is 13.6. The van der Waals surface area contributed by atoms with Crippen LogP contribution in [0.3, 0.4) is 0 Å². The molecular weight excluding hydrogens is 219 g/mol. The molecule has 0 bridgehead atoms. The average Bonchev–Trinajstić information content (AvgIpc) is 2.82. The lowest BCUT2D eigenvalue weighted by molar-refractivity contribution is -0.119. The van der Waals surface area contributed by atoms with E-state index in [0.717, 1.165) is 25.2 Å². The molecule has 1 heterocycles. The van der Waals surface area contributed by atoms with Crippen molar-refractivity contribution in [2.45, 2.75) is 12.8 Å². The average molecular weight is 236 g/mol. The van der Waals surface area contributed by atoms with E-state index in [1.807, 2.05) is 0 Å². The number of benzene rings is 1. The molecule has 1 atom stereocenters. The van der Waals surface area contributed by atoms with Gasteiger partial charge in [-0.1, -0.05) is 0 Å². The number of halogens is 1. The molecule has 17 heavy (non-hydrogen) atoms. The molecule has 1 N–H and O–H groups in total. The summed E-state index contributed by atoms with van der Waals surface area (Å²) in [5.74, 6) is 0.241. The van der Waals surface area contributed by atoms with Crippen LogP contribution in [0.15, 0.2) is 24.3 Å². The topological polar surface area (TPSA) is 32.3 Å². The zero-order valence-electron chi connectivity index (χ0n) is 9.95. The van der Waals surface area contributed by atoms with Crippen molar-refractivity contribution in [3.63, 3.8) is 0 Å². The molecule has 0 spiro atoms. The van der Waals surface area contributed by atoms with Crippen molar-refractivity contribution in [3.05, 3.63) is 30.1 Å². The summed E-state index contributed by atoms with van der Waals surface area (Å²) >= 11 is 0. The third kappa shape index (κ3) is 3.03. The molecule has 1 fully saturated rings. The fraction of sp³-hybridized carbons (Fsp3) is 0.462.